The zero-order chi connectivity index (χ0) is 26.7. The highest BCUT2D eigenvalue weighted by molar-refractivity contribution is 5.96. The topological polar surface area (TPSA) is 43.4 Å². The number of carbonyl (C=O) groups excluding carboxylic acids is 2. The largest absolute Gasteiger partial charge is 0.469 e. The number of hydrogen-bond donors (Lipinski definition) is 0. The summed E-state index contributed by atoms with van der Waals surface area (Å²) in [7, 11) is 1.53. The summed E-state index contributed by atoms with van der Waals surface area (Å²) in [6, 6.07) is 0. The number of methoxy groups -OCH3 is 1. The third kappa shape index (κ3) is 3.04. The first-order valence-electron chi connectivity index (χ1n) is 14.5. The quantitative estimate of drug-likeness (QED) is 0.274. The van der Waals surface area contributed by atoms with Crippen molar-refractivity contribution in [1.82, 2.24) is 0 Å². The van der Waals surface area contributed by atoms with Crippen LogP contribution in [-0.4, -0.2) is 18.9 Å². The van der Waals surface area contributed by atoms with Crippen LogP contribution in [-0.2, 0) is 14.3 Å². The molecule has 0 aromatic rings. The molecule has 3 heteroatoms. The average molecular weight is 495 g/mol. The van der Waals surface area contributed by atoms with Gasteiger partial charge in [0.05, 0.1) is 12.5 Å². The normalized spacial score (nSPS) is 49.1. The van der Waals surface area contributed by atoms with Gasteiger partial charge in [-0.3, -0.25) is 9.59 Å². The fourth-order valence-corrected chi connectivity index (χ4v) is 11.0. The fraction of sp³-hybridized carbons (Fsp3) is 0.818. The first kappa shape index (κ1) is 26.2. The summed E-state index contributed by atoms with van der Waals surface area (Å²) in [6.07, 6.45) is 10.1. The monoisotopic (exact) mass is 494 g/mol. The van der Waals surface area contributed by atoms with Crippen molar-refractivity contribution in [2.75, 3.05) is 7.11 Å². The van der Waals surface area contributed by atoms with Crippen LogP contribution in [0.15, 0.2) is 23.8 Å². The minimum absolute atomic E-state index is 0.0463. The van der Waals surface area contributed by atoms with Crippen molar-refractivity contribution in [1.29, 1.82) is 0 Å². The number of ether oxygens (including phenoxy) is 1. The van der Waals surface area contributed by atoms with Crippen molar-refractivity contribution in [3.63, 3.8) is 0 Å². The first-order valence-corrected chi connectivity index (χ1v) is 14.5. The lowest BCUT2D eigenvalue weighted by molar-refractivity contribution is -0.191. The molecular formula is C33H50O3. The Hall–Kier alpha value is -1.38. The Morgan fingerprint density at radius 2 is 1.61 bits per heavy atom. The van der Waals surface area contributed by atoms with Gasteiger partial charge in [0.1, 0.15) is 0 Å². The predicted octanol–water partition coefficient (Wildman–Crippen LogP) is 7.94. The van der Waals surface area contributed by atoms with E-state index in [4.69, 9.17) is 11.3 Å². The highest BCUT2D eigenvalue weighted by Crippen LogP contribution is 2.76. The molecule has 4 fully saturated rings. The Bertz CT molecular complexity index is 1050. The van der Waals surface area contributed by atoms with Gasteiger partial charge in [0.25, 0.3) is 0 Å². The van der Waals surface area contributed by atoms with E-state index in [1.165, 1.54) is 31.1 Å². The van der Waals surface area contributed by atoms with Gasteiger partial charge in [-0.15, -0.1) is 0 Å². The highest BCUT2D eigenvalue weighted by Gasteiger charge is 2.71. The number of fused-ring (bicyclic) bond motifs is 7. The standard InChI is InChI=1S/C33H50O3/c1-20-18-29(5,6)24-11-12-30(7)25(32(24,9)21(20)2)17-23(34)26-22-19-28(3,4)13-15-33(22,27(35)36-10)16-14-31(26,30)8/h17,20,22,24,26H,2,11-16,18-19H2,1,3-10H3/t20-,22-,24-,26-,30+,31+,32-,33-/m0/s1. The zero-order valence-corrected chi connectivity index (χ0v) is 24.5. The van der Waals surface area contributed by atoms with Gasteiger partial charge in [-0.1, -0.05) is 67.5 Å². The number of esters is 1. The molecule has 8 atom stereocenters. The molecule has 0 unspecified atom stereocenters. The summed E-state index contributed by atoms with van der Waals surface area (Å²) < 4.78 is 5.46. The predicted molar refractivity (Wildman–Crippen MR) is 145 cm³/mol. The van der Waals surface area contributed by atoms with E-state index in [2.05, 4.69) is 61.5 Å². The molecule has 0 bridgehead atoms. The molecule has 0 spiro atoms. The van der Waals surface area contributed by atoms with Crippen LogP contribution in [0.4, 0.5) is 0 Å². The van der Waals surface area contributed by atoms with Crippen LogP contribution in [0, 0.1) is 56.2 Å². The first-order chi connectivity index (χ1) is 16.5. The molecule has 0 aromatic heterocycles. The van der Waals surface area contributed by atoms with Gasteiger partial charge in [0.2, 0.25) is 0 Å². The summed E-state index contributed by atoms with van der Waals surface area (Å²) in [6.45, 7) is 23.9. The van der Waals surface area contributed by atoms with Crippen molar-refractivity contribution in [2.24, 2.45) is 56.2 Å². The molecule has 36 heavy (non-hydrogen) atoms. The second kappa shape index (κ2) is 7.60. The van der Waals surface area contributed by atoms with Crippen LogP contribution in [0.3, 0.4) is 0 Å². The molecule has 5 aliphatic carbocycles. The summed E-state index contributed by atoms with van der Waals surface area (Å²) in [4.78, 5) is 27.9. The number of hydrogen-bond acceptors (Lipinski definition) is 3. The van der Waals surface area contributed by atoms with E-state index < -0.39 is 5.41 Å². The van der Waals surface area contributed by atoms with Gasteiger partial charge >= 0.3 is 5.97 Å². The molecule has 5 rings (SSSR count). The Morgan fingerprint density at radius 3 is 2.25 bits per heavy atom. The van der Waals surface area contributed by atoms with E-state index in [0.717, 1.165) is 38.5 Å². The van der Waals surface area contributed by atoms with Crippen LogP contribution in [0.1, 0.15) is 107 Å². The molecule has 3 nitrogen and oxygen atoms in total. The average Bonchev–Trinajstić information content (AvgIpc) is 2.78. The van der Waals surface area contributed by atoms with Crippen molar-refractivity contribution >= 4 is 11.8 Å². The van der Waals surface area contributed by atoms with E-state index in [1.807, 2.05) is 0 Å². The fourth-order valence-electron chi connectivity index (χ4n) is 11.0. The van der Waals surface area contributed by atoms with Crippen LogP contribution in [0.5, 0.6) is 0 Å². The molecule has 0 radical (unpaired) electrons. The summed E-state index contributed by atoms with van der Waals surface area (Å²) in [5.74, 6) is 1.07. The Labute approximate surface area is 219 Å². The Balaban J connectivity index is 1.69. The SMILES string of the molecule is C=C1[C@@H](C)CC(C)(C)[C@@H]2CC[C@]3(C)C(=CC(=O)[C@@H]4[C@@H]5CC(C)(C)CC[C@]5(C(=O)OC)CC[C@]43C)[C@@]12C. The molecule has 0 saturated heterocycles. The van der Waals surface area contributed by atoms with Crippen LogP contribution in [0.2, 0.25) is 0 Å². The van der Waals surface area contributed by atoms with E-state index in [0.29, 0.717) is 11.8 Å². The van der Waals surface area contributed by atoms with Gasteiger partial charge in [-0.2, -0.15) is 0 Å². The second-order valence-electron chi connectivity index (χ2n) is 15.7. The maximum Gasteiger partial charge on any atom is 0.312 e. The lowest BCUT2D eigenvalue weighted by atomic mass is 9.33. The maximum absolute atomic E-state index is 14.5. The highest BCUT2D eigenvalue weighted by atomic mass is 16.5. The molecule has 0 N–H and O–H groups in total. The summed E-state index contributed by atoms with van der Waals surface area (Å²) in [5.41, 5.74) is 2.14. The molecular weight excluding hydrogens is 444 g/mol. The van der Waals surface area contributed by atoms with Crippen molar-refractivity contribution in [3.05, 3.63) is 23.8 Å². The van der Waals surface area contributed by atoms with Crippen molar-refractivity contribution in [2.45, 2.75) is 107 Å². The lowest BCUT2D eigenvalue weighted by Gasteiger charge is -2.70. The van der Waals surface area contributed by atoms with Crippen molar-refractivity contribution in [3.8, 4) is 0 Å². The molecule has 5 aliphatic rings. The third-order valence-electron chi connectivity index (χ3n) is 13.2. The van der Waals surface area contributed by atoms with Gasteiger partial charge in [-0.25, -0.2) is 0 Å². The van der Waals surface area contributed by atoms with Gasteiger partial charge in [-0.05, 0) is 102 Å². The molecule has 0 amide bonds. The van der Waals surface area contributed by atoms with Crippen LogP contribution in [0.25, 0.3) is 0 Å². The molecule has 200 valence electrons. The van der Waals surface area contributed by atoms with Crippen molar-refractivity contribution < 1.29 is 14.3 Å². The second-order valence-corrected chi connectivity index (χ2v) is 15.7. The number of allylic oxidation sites excluding steroid dienone is 3. The number of carbonyl (C=O) groups is 2. The molecule has 4 saturated carbocycles. The van der Waals surface area contributed by atoms with Gasteiger partial charge < -0.3 is 4.74 Å². The molecule has 0 heterocycles. The molecule has 0 aromatic carbocycles. The number of ketones is 1. The minimum atomic E-state index is -0.516. The molecule has 0 aliphatic heterocycles. The van der Waals surface area contributed by atoms with E-state index in [9.17, 15) is 9.59 Å². The zero-order valence-electron chi connectivity index (χ0n) is 24.5. The lowest BCUT2D eigenvalue weighted by Crippen LogP contribution is -2.66. The van der Waals surface area contributed by atoms with Crippen LogP contribution >= 0.6 is 0 Å². The van der Waals surface area contributed by atoms with Gasteiger partial charge in [0, 0.05) is 11.3 Å². The maximum atomic E-state index is 14.5. The van der Waals surface area contributed by atoms with E-state index >= 15 is 0 Å². The van der Waals surface area contributed by atoms with Crippen LogP contribution < -0.4 is 0 Å². The summed E-state index contributed by atoms with van der Waals surface area (Å²) >= 11 is 0. The van der Waals surface area contributed by atoms with E-state index in [1.54, 1.807) is 0 Å². The van der Waals surface area contributed by atoms with Gasteiger partial charge in [0.15, 0.2) is 5.78 Å². The Morgan fingerprint density at radius 1 is 0.972 bits per heavy atom. The number of rotatable bonds is 1. The smallest absolute Gasteiger partial charge is 0.312 e. The van der Waals surface area contributed by atoms with E-state index in [-0.39, 0.29) is 50.7 Å². The summed E-state index contributed by atoms with van der Waals surface area (Å²) in [5, 5.41) is 0. The third-order valence-corrected chi connectivity index (χ3v) is 13.2. The minimum Gasteiger partial charge on any atom is -0.469 e. The Kier molecular flexibility index (Phi) is 5.54.